The van der Waals surface area contributed by atoms with Gasteiger partial charge < -0.3 is 15.1 Å². The van der Waals surface area contributed by atoms with Gasteiger partial charge in [-0.15, -0.1) is 0 Å². The molecule has 0 atom stereocenters. The highest BCUT2D eigenvalue weighted by Gasteiger charge is 2.30. The molecule has 36 heavy (non-hydrogen) atoms. The summed E-state index contributed by atoms with van der Waals surface area (Å²) in [5, 5.41) is 3.31. The minimum atomic E-state index is -4.32. The number of anilines is 2. The molecule has 2 saturated heterocycles. The molecule has 198 valence electrons. The fourth-order valence-electron chi connectivity index (χ4n) is 4.86. The maximum Gasteiger partial charge on any atom is 0.416 e. The molecule has 2 aliphatic rings. The van der Waals surface area contributed by atoms with Crippen molar-refractivity contribution in [1.29, 1.82) is 0 Å². The zero-order valence-electron chi connectivity index (χ0n) is 20.4. The van der Waals surface area contributed by atoms with E-state index in [4.69, 9.17) is 0 Å². The minimum absolute atomic E-state index is 0. The summed E-state index contributed by atoms with van der Waals surface area (Å²) < 4.78 is 38.2. The third kappa shape index (κ3) is 7.63. The Hall–Kier alpha value is -2.74. The highest BCUT2D eigenvalue weighted by molar-refractivity contribution is 5.76. The first-order valence-electron chi connectivity index (χ1n) is 12.5. The first-order valence-corrected chi connectivity index (χ1v) is 12.5. The van der Waals surface area contributed by atoms with E-state index in [0.29, 0.717) is 25.2 Å². The van der Waals surface area contributed by atoms with Gasteiger partial charge in [-0.05, 0) is 69.1 Å². The summed E-state index contributed by atoms with van der Waals surface area (Å²) in [6.07, 6.45) is -1.29. The van der Waals surface area contributed by atoms with Crippen LogP contribution in [0.2, 0.25) is 0 Å². The van der Waals surface area contributed by atoms with Gasteiger partial charge in [-0.2, -0.15) is 13.2 Å². The van der Waals surface area contributed by atoms with Crippen LogP contribution in [0.5, 0.6) is 0 Å². The monoisotopic (exact) mass is 504 g/mol. The number of nitrogens with zero attached hydrogens (tertiary/aromatic N) is 3. The maximum absolute atomic E-state index is 12.7. The number of alkyl halides is 3. The largest absolute Gasteiger partial charge is 0.416 e. The van der Waals surface area contributed by atoms with Gasteiger partial charge >= 0.3 is 6.18 Å². The van der Waals surface area contributed by atoms with Crippen molar-refractivity contribution in [2.75, 3.05) is 56.0 Å². The van der Waals surface area contributed by atoms with Crippen molar-refractivity contribution in [3.05, 3.63) is 59.7 Å². The fourth-order valence-corrected chi connectivity index (χ4v) is 4.86. The Morgan fingerprint density at radius 2 is 1.53 bits per heavy atom. The molecule has 0 bridgehead atoms. The van der Waals surface area contributed by atoms with Crippen molar-refractivity contribution in [2.24, 2.45) is 0 Å². The van der Waals surface area contributed by atoms with Crippen molar-refractivity contribution >= 4 is 17.3 Å². The lowest BCUT2D eigenvalue weighted by Gasteiger charge is -2.36. The zero-order chi connectivity index (χ0) is 24.8. The van der Waals surface area contributed by atoms with Crippen molar-refractivity contribution < 1.29 is 18.0 Å². The maximum atomic E-state index is 12.7. The van der Waals surface area contributed by atoms with Gasteiger partial charge in [0.25, 0.3) is 0 Å². The lowest BCUT2D eigenvalue weighted by Crippen LogP contribution is -2.47. The summed E-state index contributed by atoms with van der Waals surface area (Å²) >= 11 is 0. The molecule has 0 spiro atoms. The number of amides is 1. The van der Waals surface area contributed by atoms with Gasteiger partial charge in [-0.3, -0.25) is 9.69 Å². The minimum Gasteiger partial charge on any atom is -0.382 e. The van der Waals surface area contributed by atoms with Crippen LogP contribution in [0, 0.1) is 6.92 Å². The number of benzene rings is 2. The predicted octanol–water partition coefficient (Wildman–Crippen LogP) is 5.66. The van der Waals surface area contributed by atoms with E-state index < -0.39 is 11.7 Å². The van der Waals surface area contributed by atoms with E-state index in [1.165, 1.54) is 23.4 Å². The Morgan fingerprint density at radius 3 is 2.11 bits per heavy atom. The summed E-state index contributed by atoms with van der Waals surface area (Å²) in [7, 11) is 0. The molecule has 2 aromatic carbocycles. The summed E-state index contributed by atoms with van der Waals surface area (Å²) in [5.74, 6) is 0.205. The van der Waals surface area contributed by atoms with Crippen LogP contribution < -0.4 is 10.2 Å². The Kier molecular flexibility index (Phi) is 9.65. The van der Waals surface area contributed by atoms with Crippen LogP contribution in [0.4, 0.5) is 24.5 Å². The summed E-state index contributed by atoms with van der Waals surface area (Å²) in [5.41, 5.74) is 2.60. The number of nitrogens with one attached hydrogen (secondary N) is 1. The number of piperazine rings is 1. The zero-order valence-corrected chi connectivity index (χ0v) is 20.4. The SMILES string of the molecule is C.Cc1ccc(N2CCN(CCCC(=O)N3CCC(Nc4ccc(C(F)(F)F)cc4)CC3)CC2)cc1. The molecule has 2 aliphatic heterocycles. The van der Waals surface area contributed by atoms with Gasteiger partial charge in [-0.1, -0.05) is 25.1 Å². The normalized spacial score (nSPS) is 17.6. The number of piperidine rings is 1. The molecular formula is C28H39F3N4O. The second-order valence-electron chi connectivity index (χ2n) is 9.64. The van der Waals surface area contributed by atoms with E-state index in [1.807, 2.05) is 4.90 Å². The standard InChI is InChI=1S/C27H35F3N4O.CH4/c1-21-4-10-25(11-5-21)33-19-17-32(18-20-33)14-2-3-26(35)34-15-12-24(13-16-34)31-23-8-6-22(7-9-23)27(28,29)30;/h4-11,24,31H,2-3,12-20H2,1H3;1H4. The molecule has 0 unspecified atom stereocenters. The van der Waals surface area contributed by atoms with Crippen molar-refractivity contribution in [2.45, 2.75) is 52.3 Å². The number of likely N-dealkylation sites (tertiary alicyclic amines) is 1. The Balaban J connectivity index is 0.00000361. The van der Waals surface area contributed by atoms with Crippen LogP contribution in [0.25, 0.3) is 0 Å². The first kappa shape index (κ1) is 27.8. The van der Waals surface area contributed by atoms with Crippen molar-refractivity contribution in [1.82, 2.24) is 9.80 Å². The quantitative estimate of drug-likeness (QED) is 0.529. The summed E-state index contributed by atoms with van der Waals surface area (Å²) in [4.78, 5) is 19.5. The third-order valence-corrected chi connectivity index (χ3v) is 7.07. The Labute approximate surface area is 213 Å². The molecule has 4 rings (SSSR count). The fraction of sp³-hybridized carbons (Fsp3) is 0.536. The number of halogens is 3. The number of carbonyl (C=O) groups is 1. The lowest BCUT2D eigenvalue weighted by atomic mass is 10.0. The third-order valence-electron chi connectivity index (χ3n) is 7.07. The van der Waals surface area contributed by atoms with Crippen LogP contribution in [0.1, 0.15) is 44.2 Å². The lowest BCUT2D eigenvalue weighted by molar-refractivity contribution is -0.137. The number of hydrogen-bond acceptors (Lipinski definition) is 4. The number of rotatable bonds is 7. The molecule has 8 heteroatoms. The second-order valence-corrected chi connectivity index (χ2v) is 9.64. The molecule has 0 aliphatic carbocycles. The molecule has 2 aromatic rings. The molecule has 1 amide bonds. The van der Waals surface area contributed by atoms with Gasteiger partial charge in [0.1, 0.15) is 0 Å². The molecule has 0 aromatic heterocycles. The average Bonchev–Trinajstić information content (AvgIpc) is 2.85. The topological polar surface area (TPSA) is 38.8 Å². The van der Waals surface area contributed by atoms with Gasteiger partial charge in [-0.25, -0.2) is 0 Å². The van der Waals surface area contributed by atoms with E-state index in [2.05, 4.69) is 46.3 Å². The van der Waals surface area contributed by atoms with Crippen LogP contribution in [0.15, 0.2) is 48.5 Å². The van der Waals surface area contributed by atoms with Crippen LogP contribution in [-0.4, -0.2) is 67.6 Å². The van der Waals surface area contributed by atoms with E-state index in [9.17, 15) is 18.0 Å². The van der Waals surface area contributed by atoms with E-state index in [-0.39, 0.29) is 19.4 Å². The van der Waals surface area contributed by atoms with Crippen LogP contribution in [0.3, 0.4) is 0 Å². The molecule has 2 fully saturated rings. The molecule has 2 heterocycles. The predicted molar refractivity (Wildman–Crippen MR) is 140 cm³/mol. The van der Waals surface area contributed by atoms with E-state index >= 15 is 0 Å². The number of hydrogen-bond donors (Lipinski definition) is 1. The summed E-state index contributed by atoms with van der Waals surface area (Å²) in [6.45, 7) is 8.47. The van der Waals surface area contributed by atoms with Gasteiger partial charge in [0.15, 0.2) is 0 Å². The van der Waals surface area contributed by atoms with Crippen molar-refractivity contribution in [3.63, 3.8) is 0 Å². The highest BCUT2D eigenvalue weighted by atomic mass is 19.4. The molecular weight excluding hydrogens is 465 g/mol. The second kappa shape index (κ2) is 12.5. The smallest absolute Gasteiger partial charge is 0.382 e. The molecule has 5 nitrogen and oxygen atoms in total. The van der Waals surface area contributed by atoms with Gasteiger partial charge in [0, 0.05) is 63.1 Å². The highest BCUT2D eigenvalue weighted by Crippen LogP contribution is 2.30. The molecule has 0 saturated carbocycles. The van der Waals surface area contributed by atoms with Crippen molar-refractivity contribution in [3.8, 4) is 0 Å². The van der Waals surface area contributed by atoms with Gasteiger partial charge in [0.2, 0.25) is 5.91 Å². The Morgan fingerprint density at radius 1 is 0.917 bits per heavy atom. The number of aryl methyl sites for hydroxylation is 1. The molecule has 1 N–H and O–H groups in total. The average molecular weight is 505 g/mol. The van der Waals surface area contributed by atoms with E-state index in [0.717, 1.165) is 64.1 Å². The van der Waals surface area contributed by atoms with E-state index in [1.54, 1.807) is 0 Å². The molecule has 0 radical (unpaired) electrons. The van der Waals surface area contributed by atoms with Gasteiger partial charge in [0.05, 0.1) is 5.56 Å². The summed E-state index contributed by atoms with van der Waals surface area (Å²) in [6, 6.07) is 14.0. The Bertz CT molecular complexity index is 946. The number of carbonyl (C=O) groups excluding carboxylic acids is 1. The van der Waals surface area contributed by atoms with Crippen LogP contribution in [-0.2, 0) is 11.0 Å². The van der Waals surface area contributed by atoms with Crippen LogP contribution >= 0.6 is 0 Å². The first-order chi connectivity index (χ1) is 16.8.